The van der Waals surface area contributed by atoms with Crippen molar-refractivity contribution in [3.63, 3.8) is 0 Å². The highest BCUT2D eigenvalue weighted by Gasteiger charge is 2.34. The zero-order valence-corrected chi connectivity index (χ0v) is 16.4. The third kappa shape index (κ3) is 6.56. The van der Waals surface area contributed by atoms with E-state index < -0.39 is 17.9 Å². The van der Waals surface area contributed by atoms with Crippen molar-refractivity contribution in [2.75, 3.05) is 0 Å². The van der Waals surface area contributed by atoms with Crippen LogP contribution < -0.4 is 0 Å². The summed E-state index contributed by atoms with van der Waals surface area (Å²) in [5.41, 5.74) is 1.70. The average molecular weight is 394 g/mol. The van der Waals surface area contributed by atoms with Gasteiger partial charge in [-0.2, -0.15) is 0 Å². The van der Waals surface area contributed by atoms with Crippen LogP contribution in [0.5, 0.6) is 0 Å². The first-order chi connectivity index (χ1) is 14.1. The molecule has 2 aromatic rings. The number of carbonyl (C=O) groups excluding carboxylic acids is 3. The minimum absolute atomic E-state index is 0.00907. The summed E-state index contributed by atoms with van der Waals surface area (Å²) in [6, 6.07) is 18.7. The predicted octanol–water partition coefficient (Wildman–Crippen LogP) is 4.24. The standard InChI is InChI=1S/C24H26O5/c25-21-13-7-12-20(14-21)15-22(23(26)28-16-18-8-3-1-4-9-18)24(27)29-17-19-10-5-2-6-11-19/h1-6,8-11,20,22H,7,12-17H2/t20-/m0/s1. The Kier molecular flexibility index (Phi) is 7.56. The zero-order chi connectivity index (χ0) is 20.5. The molecule has 3 rings (SSSR count). The van der Waals surface area contributed by atoms with Crippen LogP contribution in [0.15, 0.2) is 60.7 Å². The lowest BCUT2D eigenvalue weighted by Gasteiger charge is -2.24. The quantitative estimate of drug-likeness (QED) is 0.495. The Morgan fingerprint density at radius 1 is 0.862 bits per heavy atom. The second kappa shape index (κ2) is 10.6. The van der Waals surface area contributed by atoms with E-state index in [2.05, 4.69) is 0 Å². The van der Waals surface area contributed by atoms with Crippen LogP contribution in [0.4, 0.5) is 0 Å². The number of rotatable bonds is 8. The maximum atomic E-state index is 12.7. The first kappa shape index (κ1) is 20.8. The van der Waals surface area contributed by atoms with Crippen molar-refractivity contribution < 1.29 is 23.9 Å². The SMILES string of the molecule is O=C1CCC[C@H](CC(C(=O)OCc2ccccc2)C(=O)OCc2ccccc2)C1. The summed E-state index contributed by atoms with van der Waals surface area (Å²) in [4.78, 5) is 37.2. The number of hydrogen-bond donors (Lipinski definition) is 0. The molecule has 1 aliphatic rings. The lowest BCUT2D eigenvalue weighted by Crippen LogP contribution is -2.31. The molecule has 0 aromatic heterocycles. The Balaban J connectivity index is 1.63. The molecule has 29 heavy (non-hydrogen) atoms. The number of carbonyl (C=O) groups is 3. The molecule has 0 saturated heterocycles. The van der Waals surface area contributed by atoms with E-state index in [1.165, 1.54) is 0 Å². The Bertz CT molecular complexity index is 760. The molecule has 1 fully saturated rings. The second-order valence-corrected chi connectivity index (χ2v) is 7.48. The van der Waals surface area contributed by atoms with E-state index >= 15 is 0 Å². The van der Waals surface area contributed by atoms with Crippen molar-refractivity contribution in [1.82, 2.24) is 0 Å². The third-order valence-corrected chi connectivity index (χ3v) is 5.17. The molecule has 0 amide bonds. The molecular weight excluding hydrogens is 368 g/mol. The van der Waals surface area contributed by atoms with Gasteiger partial charge in [-0.25, -0.2) is 0 Å². The fourth-order valence-electron chi connectivity index (χ4n) is 3.60. The van der Waals surface area contributed by atoms with Crippen molar-refractivity contribution in [1.29, 1.82) is 0 Å². The minimum atomic E-state index is -1.02. The molecule has 0 bridgehead atoms. The molecule has 0 N–H and O–H groups in total. The zero-order valence-electron chi connectivity index (χ0n) is 16.4. The van der Waals surface area contributed by atoms with E-state index in [-0.39, 0.29) is 31.3 Å². The number of benzene rings is 2. The van der Waals surface area contributed by atoms with Crippen LogP contribution in [-0.2, 0) is 37.1 Å². The van der Waals surface area contributed by atoms with Crippen molar-refractivity contribution >= 4 is 17.7 Å². The second-order valence-electron chi connectivity index (χ2n) is 7.48. The summed E-state index contributed by atoms with van der Waals surface area (Å²) in [6.45, 7) is 0.206. The van der Waals surface area contributed by atoms with Gasteiger partial charge in [-0.15, -0.1) is 0 Å². The highest BCUT2D eigenvalue weighted by Crippen LogP contribution is 2.29. The number of ether oxygens (including phenoxy) is 2. The summed E-state index contributed by atoms with van der Waals surface area (Å²) in [5.74, 6) is -2.00. The Morgan fingerprint density at radius 3 is 1.86 bits per heavy atom. The predicted molar refractivity (Wildman–Crippen MR) is 108 cm³/mol. The van der Waals surface area contributed by atoms with Crippen LogP contribution in [-0.4, -0.2) is 17.7 Å². The molecule has 1 aliphatic carbocycles. The third-order valence-electron chi connectivity index (χ3n) is 5.17. The smallest absolute Gasteiger partial charge is 0.320 e. The first-order valence-electron chi connectivity index (χ1n) is 10.0. The highest BCUT2D eigenvalue weighted by atomic mass is 16.6. The van der Waals surface area contributed by atoms with Crippen molar-refractivity contribution in [3.8, 4) is 0 Å². The van der Waals surface area contributed by atoms with E-state index in [4.69, 9.17) is 9.47 Å². The van der Waals surface area contributed by atoms with Gasteiger partial charge < -0.3 is 9.47 Å². The monoisotopic (exact) mass is 394 g/mol. The van der Waals surface area contributed by atoms with Gasteiger partial charge in [0.25, 0.3) is 0 Å². The van der Waals surface area contributed by atoms with Gasteiger partial charge >= 0.3 is 11.9 Å². The molecule has 0 aliphatic heterocycles. The molecule has 5 nitrogen and oxygen atoms in total. The van der Waals surface area contributed by atoms with E-state index in [0.717, 1.165) is 24.0 Å². The van der Waals surface area contributed by atoms with Crippen LogP contribution in [0.25, 0.3) is 0 Å². The number of Topliss-reactive ketones (excluding diaryl/α,β-unsaturated/α-hetero) is 1. The fraction of sp³-hybridized carbons (Fsp3) is 0.375. The van der Waals surface area contributed by atoms with Gasteiger partial charge in [0, 0.05) is 12.8 Å². The molecule has 2 aromatic carbocycles. The molecule has 0 unspecified atom stereocenters. The summed E-state index contributed by atoms with van der Waals surface area (Å²) >= 11 is 0. The van der Waals surface area contributed by atoms with Gasteiger partial charge in [0.15, 0.2) is 5.92 Å². The molecule has 0 radical (unpaired) electrons. The lowest BCUT2D eigenvalue weighted by molar-refractivity contribution is -0.165. The molecule has 5 heteroatoms. The van der Waals surface area contributed by atoms with Crippen molar-refractivity contribution in [2.24, 2.45) is 11.8 Å². The summed E-state index contributed by atoms with van der Waals surface area (Å²) < 4.78 is 10.8. The molecule has 1 saturated carbocycles. The topological polar surface area (TPSA) is 69.7 Å². The molecule has 152 valence electrons. The molecule has 0 heterocycles. The minimum Gasteiger partial charge on any atom is -0.460 e. The van der Waals surface area contributed by atoms with Crippen LogP contribution in [0, 0.1) is 11.8 Å². The maximum absolute atomic E-state index is 12.7. The van der Waals surface area contributed by atoms with Crippen molar-refractivity contribution in [2.45, 2.75) is 45.3 Å². The van der Waals surface area contributed by atoms with Crippen LogP contribution >= 0.6 is 0 Å². The van der Waals surface area contributed by atoms with Gasteiger partial charge in [-0.1, -0.05) is 60.7 Å². The van der Waals surface area contributed by atoms with E-state index in [0.29, 0.717) is 12.8 Å². The molecule has 0 spiro atoms. The van der Waals surface area contributed by atoms with Gasteiger partial charge in [0.2, 0.25) is 0 Å². The summed E-state index contributed by atoms with van der Waals surface area (Å²) in [6.07, 6.45) is 2.91. The van der Waals surface area contributed by atoms with Gasteiger partial charge in [0.1, 0.15) is 19.0 Å². The number of hydrogen-bond acceptors (Lipinski definition) is 5. The summed E-state index contributed by atoms with van der Waals surface area (Å²) in [5, 5.41) is 0. The van der Waals surface area contributed by atoms with Gasteiger partial charge in [-0.3, -0.25) is 14.4 Å². The fourth-order valence-corrected chi connectivity index (χ4v) is 3.60. The Labute approximate surface area is 171 Å². The first-order valence-corrected chi connectivity index (χ1v) is 10.0. The van der Waals surface area contributed by atoms with Crippen molar-refractivity contribution in [3.05, 3.63) is 71.8 Å². The van der Waals surface area contributed by atoms with E-state index in [9.17, 15) is 14.4 Å². The molecular formula is C24H26O5. The number of ketones is 1. The maximum Gasteiger partial charge on any atom is 0.320 e. The van der Waals surface area contributed by atoms with Crippen LogP contribution in [0.1, 0.15) is 43.2 Å². The average Bonchev–Trinajstić information content (AvgIpc) is 2.75. The van der Waals surface area contributed by atoms with Crippen LogP contribution in [0.2, 0.25) is 0 Å². The van der Waals surface area contributed by atoms with E-state index in [1.54, 1.807) is 0 Å². The Hall–Kier alpha value is -2.95. The largest absolute Gasteiger partial charge is 0.460 e. The number of esters is 2. The lowest BCUT2D eigenvalue weighted by atomic mass is 9.82. The molecule has 1 atom stereocenters. The Morgan fingerprint density at radius 2 is 1.38 bits per heavy atom. The van der Waals surface area contributed by atoms with E-state index in [1.807, 2.05) is 60.7 Å². The van der Waals surface area contributed by atoms with Gasteiger partial charge in [0.05, 0.1) is 0 Å². The summed E-state index contributed by atoms with van der Waals surface area (Å²) in [7, 11) is 0. The van der Waals surface area contributed by atoms with Gasteiger partial charge in [-0.05, 0) is 36.3 Å². The van der Waals surface area contributed by atoms with Crippen LogP contribution in [0.3, 0.4) is 0 Å². The normalized spacial score (nSPS) is 16.4. The highest BCUT2D eigenvalue weighted by molar-refractivity contribution is 5.95.